The number of aryl methyl sites for hydroxylation is 1. The van der Waals surface area contributed by atoms with E-state index >= 15 is 0 Å². The van der Waals surface area contributed by atoms with Gasteiger partial charge in [-0.05, 0) is 36.3 Å². The number of carbonyl (C=O) groups excluding carboxylic acids is 3. The predicted molar refractivity (Wildman–Crippen MR) is 75.2 cm³/mol. The first-order chi connectivity index (χ1) is 9.38. The number of imide groups is 2. The van der Waals surface area contributed by atoms with Crippen LogP contribution in [0.4, 0.5) is 10.5 Å². The molecule has 1 saturated heterocycles. The Kier molecular flexibility index (Phi) is 3.56. The molecule has 0 spiro atoms. The Morgan fingerprint density at radius 1 is 1.05 bits per heavy atom. The van der Waals surface area contributed by atoms with Gasteiger partial charge in [0.25, 0.3) is 11.8 Å². The van der Waals surface area contributed by atoms with Gasteiger partial charge in [0, 0.05) is 19.8 Å². The zero-order valence-electron chi connectivity index (χ0n) is 11.5. The topological polar surface area (TPSA) is 78.5 Å². The van der Waals surface area contributed by atoms with Gasteiger partial charge in [-0.15, -0.1) is 0 Å². The first-order valence-corrected chi connectivity index (χ1v) is 6.05. The third-order valence-corrected chi connectivity index (χ3v) is 3.01. The van der Waals surface area contributed by atoms with E-state index in [1.165, 1.54) is 6.08 Å². The molecule has 0 saturated carbocycles. The highest BCUT2D eigenvalue weighted by molar-refractivity contribution is 6.31. The fourth-order valence-corrected chi connectivity index (χ4v) is 1.86. The number of urea groups is 1. The van der Waals surface area contributed by atoms with E-state index in [4.69, 9.17) is 0 Å². The summed E-state index contributed by atoms with van der Waals surface area (Å²) in [7, 11) is 3.86. The Bertz CT molecular complexity index is 611. The van der Waals surface area contributed by atoms with Gasteiger partial charge in [0.15, 0.2) is 0 Å². The molecule has 0 atom stereocenters. The molecule has 4 amide bonds. The average molecular weight is 273 g/mol. The molecule has 1 aliphatic rings. The van der Waals surface area contributed by atoms with Crippen LogP contribution in [0.15, 0.2) is 23.8 Å². The van der Waals surface area contributed by atoms with Gasteiger partial charge in [-0.3, -0.25) is 20.2 Å². The number of hydrogen-bond donors (Lipinski definition) is 2. The van der Waals surface area contributed by atoms with Gasteiger partial charge >= 0.3 is 6.03 Å². The van der Waals surface area contributed by atoms with Crippen molar-refractivity contribution < 1.29 is 14.4 Å². The van der Waals surface area contributed by atoms with Gasteiger partial charge < -0.3 is 4.90 Å². The van der Waals surface area contributed by atoms with E-state index < -0.39 is 17.8 Å². The average Bonchev–Trinajstić information content (AvgIpc) is 2.34. The molecule has 1 fully saturated rings. The highest BCUT2D eigenvalue weighted by atomic mass is 16.2. The van der Waals surface area contributed by atoms with Gasteiger partial charge in [-0.25, -0.2) is 4.79 Å². The molecular formula is C14H15N3O3. The van der Waals surface area contributed by atoms with E-state index in [0.29, 0.717) is 0 Å². The molecule has 1 aromatic rings. The molecule has 0 aromatic heterocycles. The Balaban J connectivity index is 2.37. The van der Waals surface area contributed by atoms with Crippen LogP contribution in [0, 0.1) is 6.92 Å². The Morgan fingerprint density at radius 3 is 2.15 bits per heavy atom. The highest BCUT2D eigenvalue weighted by Crippen LogP contribution is 2.20. The normalized spacial score (nSPS) is 14.8. The maximum Gasteiger partial charge on any atom is 0.328 e. The molecule has 2 N–H and O–H groups in total. The lowest BCUT2D eigenvalue weighted by Gasteiger charge is -2.16. The lowest BCUT2D eigenvalue weighted by Crippen LogP contribution is -2.51. The number of hydrogen-bond acceptors (Lipinski definition) is 4. The van der Waals surface area contributed by atoms with Crippen molar-refractivity contribution in [2.45, 2.75) is 6.92 Å². The van der Waals surface area contributed by atoms with E-state index in [0.717, 1.165) is 16.8 Å². The maximum atomic E-state index is 11.6. The van der Waals surface area contributed by atoms with Gasteiger partial charge in [0.05, 0.1) is 0 Å². The van der Waals surface area contributed by atoms with Crippen LogP contribution in [0.5, 0.6) is 0 Å². The highest BCUT2D eigenvalue weighted by Gasteiger charge is 2.27. The summed E-state index contributed by atoms with van der Waals surface area (Å²) >= 11 is 0. The summed E-state index contributed by atoms with van der Waals surface area (Å²) in [6.45, 7) is 1.89. The van der Waals surface area contributed by atoms with Crippen LogP contribution in [0.1, 0.15) is 11.1 Å². The fourth-order valence-electron chi connectivity index (χ4n) is 1.86. The minimum atomic E-state index is -0.795. The minimum absolute atomic E-state index is 0.0784. The van der Waals surface area contributed by atoms with E-state index in [1.54, 1.807) is 0 Å². The number of barbiturate groups is 1. The van der Waals surface area contributed by atoms with E-state index in [-0.39, 0.29) is 5.57 Å². The molecule has 6 heteroatoms. The van der Waals surface area contributed by atoms with Crippen molar-refractivity contribution in [1.29, 1.82) is 0 Å². The van der Waals surface area contributed by atoms with Gasteiger partial charge in [0.1, 0.15) is 5.57 Å². The van der Waals surface area contributed by atoms with Crippen molar-refractivity contribution in [3.05, 3.63) is 34.9 Å². The van der Waals surface area contributed by atoms with Crippen LogP contribution in [-0.4, -0.2) is 31.9 Å². The Labute approximate surface area is 116 Å². The molecule has 20 heavy (non-hydrogen) atoms. The van der Waals surface area contributed by atoms with Gasteiger partial charge in [-0.2, -0.15) is 0 Å². The number of benzene rings is 1. The molecular weight excluding hydrogens is 258 g/mol. The summed E-state index contributed by atoms with van der Waals surface area (Å²) in [5.74, 6) is -1.37. The molecule has 6 nitrogen and oxygen atoms in total. The monoisotopic (exact) mass is 273 g/mol. The van der Waals surface area contributed by atoms with Crippen LogP contribution < -0.4 is 15.5 Å². The SMILES string of the molecule is Cc1cc(N(C)C)ccc1C=C1C(=O)NC(=O)NC1=O. The second-order valence-corrected chi connectivity index (χ2v) is 4.73. The molecule has 0 unspecified atom stereocenters. The summed E-state index contributed by atoms with van der Waals surface area (Å²) in [5.41, 5.74) is 2.63. The minimum Gasteiger partial charge on any atom is -0.378 e. The molecule has 1 heterocycles. The molecule has 0 radical (unpaired) electrons. The lowest BCUT2D eigenvalue weighted by atomic mass is 10.0. The smallest absolute Gasteiger partial charge is 0.328 e. The van der Waals surface area contributed by atoms with E-state index in [1.807, 2.05) is 54.8 Å². The molecule has 1 aliphatic heterocycles. The third-order valence-electron chi connectivity index (χ3n) is 3.01. The fraction of sp³-hybridized carbons (Fsp3) is 0.214. The molecule has 0 bridgehead atoms. The second kappa shape index (κ2) is 5.16. The quantitative estimate of drug-likeness (QED) is 0.617. The third kappa shape index (κ3) is 2.69. The first kappa shape index (κ1) is 13.8. The number of nitrogens with zero attached hydrogens (tertiary/aromatic N) is 1. The zero-order chi connectivity index (χ0) is 14.9. The van der Waals surface area contributed by atoms with E-state index in [9.17, 15) is 14.4 Å². The van der Waals surface area contributed by atoms with Crippen LogP contribution in [0.3, 0.4) is 0 Å². The van der Waals surface area contributed by atoms with Crippen molar-refractivity contribution in [1.82, 2.24) is 10.6 Å². The lowest BCUT2D eigenvalue weighted by molar-refractivity contribution is -0.123. The predicted octanol–water partition coefficient (Wildman–Crippen LogP) is 0.810. The first-order valence-electron chi connectivity index (χ1n) is 6.05. The van der Waals surface area contributed by atoms with Crippen molar-refractivity contribution in [3.63, 3.8) is 0 Å². The van der Waals surface area contributed by atoms with Crippen molar-refractivity contribution in [2.24, 2.45) is 0 Å². The molecule has 104 valence electrons. The van der Waals surface area contributed by atoms with Crippen LogP contribution in [0.2, 0.25) is 0 Å². The second-order valence-electron chi connectivity index (χ2n) is 4.73. The van der Waals surface area contributed by atoms with Gasteiger partial charge in [0.2, 0.25) is 0 Å². The number of amides is 4. The van der Waals surface area contributed by atoms with Crippen LogP contribution in [0.25, 0.3) is 6.08 Å². The van der Waals surface area contributed by atoms with Crippen LogP contribution >= 0.6 is 0 Å². The van der Waals surface area contributed by atoms with Crippen molar-refractivity contribution in [3.8, 4) is 0 Å². The number of anilines is 1. The zero-order valence-corrected chi connectivity index (χ0v) is 11.5. The summed E-state index contributed by atoms with van der Waals surface area (Å²) in [4.78, 5) is 36.2. The number of nitrogens with one attached hydrogen (secondary N) is 2. The standard InChI is InChI=1S/C14H15N3O3/c1-8-6-10(17(2)3)5-4-9(8)7-11-12(18)15-14(20)16-13(11)19/h4-7H,1-3H3,(H2,15,16,18,19,20). The Hall–Kier alpha value is -2.63. The van der Waals surface area contributed by atoms with Gasteiger partial charge in [-0.1, -0.05) is 6.07 Å². The number of rotatable bonds is 2. The molecule has 1 aromatic carbocycles. The number of carbonyl (C=O) groups is 3. The summed E-state index contributed by atoms with van der Waals surface area (Å²) in [5, 5.41) is 4.09. The summed E-state index contributed by atoms with van der Waals surface area (Å²) in [6, 6.07) is 4.88. The summed E-state index contributed by atoms with van der Waals surface area (Å²) in [6.07, 6.45) is 1.48. The van der Waals surface area contributed by atoms with Crippen molar-refractivity contribution in [2.75, 3.05) is 19.0 Å². The Morgan fingerprint density at radius 2 is 1.65 bits per heavy atom. The maximum absolute atomic E-state index is 11.6. The van der Waals surface area contributed by atoms with E-state index in [2.05, 4.69) is 0 Å². The van der Waals surface area contributed by atoms with Crippen LogP contribution in [-0.2, 0) is 9.59 Å². The largest absolute Gasteiger partial charge is 0.378 e. The summed E-state index contributed by atoms with van der Waals surface area (Å²) < 4.78 is 0. The van der Waals surface area contributed by atoms with Crippen molar-refractivity contribution >= 4 is 29.6 Å². The molecule has 0 aliphatic carbocycles. The molecule has 2 rings (SSSR count).